The second-order valence-electron chi connectivity index (χ2n) is 3.82. The van der Waals surface area contributed by atoms with Crippen LogP contribution in [0.15, 0.2) is 45.3 Å². The van der Waals surface area contributed by atoms with Crippen LogP contribution in [0.1, 0.15) is 10.4 Å². The summed E-state index contributed by atoms with van der Waals surface area (Å²) in [5.74, 6) is -0.732. The van der Waals surface area contributed by atoms with E-state index in [4.69, 9.17) is 5.73 Å². The monoisotopic (exact) mass is 386 g/mol. The summed E-state index contributed by atoms with van der Waals surface area (Å²) in [5.41, 5.74) is 7.21. The lowest BCUT2D eigenvalue weighted by molar-refractivity contribution is 0.102. The summed E-state index contributed by atoms with van der Waals surface area (Å²) in [4.78, 5) is 12.0. The molecule has 0 aliphatic carbocycles. The van der Waals surface area contributed by atoms with Gasteiger partial charge in [-0.05, 0) is 68.3 Å². The molecule has 0 fully saturated rings. The van der Waals surface area contributed by atoms with Gasteiger partial charge in [-0.1, -0.05) is 0 Å². The van der Waals surface area contributed by atoms with Crippen molar-refractivity contribution in [3.63, 3.8) is 0 Å². The Morgan fingerprint density at radius 2 is 1.84 bits per heavy atom. The van der Waals surface area contributed by atoms with E-state index in [0.29, 0.717) is 21.4 Å². The van der Waals surface area contributed by atoms with Crippen molar-refractivity contribution >= 4 is 49.1 Å². The van der Waals surface area contributed by atoms with Crippen molar-refractivity contribution in [2.24, 2.45) is 0 Å². The molecule has 6 heteroatoms. The van der Waals surface area contributed by atoms with Crippen molar-refractivity contribution in [1.82, 2.24) is 0 Å². The smallest absolute Gasteiger partial charge is 0.255 e. The average molecular weight is 388 g/mol. The zero-order chi connectivity index (χ0) is 14.0. The first-order valence-corrected chi connectivity index (χ1v) is 6.87. The number of amides is 1. The van der Waals surface area contributed by atoms with E-state index in [0.717, 1.165) is 0 Å². The third kappa shape index (κ3) is 3.33. The third-order valence-electron chi connectivity index (χ3n) is 2.44. The Kier molecular flexibility index (Phi) is 4.21. The molecular formula is C13H9Br2FN2O. The Morgan fingerprint density at radius 1 is 1.11 bits per heavy atom. The van der Waals surface area contributed by atoms with E-state index < -0.39 is 5.82 Å². The summed E-state index contributed by atoms with van der Waals surface area (Å²) in [6.07, 6.45) is 0. The molecule has 3 N–H and O–H groups in total. The Morgan fingerprint density at radius 3 is 2.47 bits per heavy atom. The van der Waals surface area contributed by atoms with E-state index in [-0.39, 0.29) is 10.4 Å². The number of hydrogen-bond donors (Lipinski definition) is 2. The molecule has 0 atom stereocenters. The molecule has 2 rings (SSSR count). The molecule has 0 aliphatic heterocycles. The van der Waals surface area contributed by atoms with Crippen molar-refractivity contribution in [2.75, 3.05) is 11.1 Å². The van der Waals surface area contributed by atoms with Crippen LogP contribution in [-0.2, 0) is 0 Å². The van der Waals surface area contributed by atoms with E-state index in [1.165, 1.54) is 18.2 Å². The molecule has 2 aromatic carbocycles. The van der Waals surface area contributed by atoms with Crippen molar-refractivity contribution in [2.45, 2.75) is 0 Å². The number of rotatable bonds is 2. The van der Waals surface area contributed by atoms with Gasteiger partial charge in [-0.15, -0.1) is 0 Å². The molecule has 19 heavy (non-hydrogen) atoms. The van der Waals surface area contributed by atoms with Gasteiger partial charge in [0.2, 0.25) is 0 Å². The molecule has 0 aromatic heterocycles. The SMILES string of the molecule is Nc1ccc(NC(=O)c2ccc(F)c(Br)c2)cc1Br. The molecule has 1 amide bonds. The summed E-state index contributed by atoms with van der Waals surface area (Å²) in [7, 11) is 0. The van der Waals surface area contributed by atoms with Crippen LogP contribution in [0.4, 0.5) is 15.8 Å². The number of anilines is 2. The third-order valence-corrected chi connectivity index (χ3v) is 3.73. The quantitative estimate of drug-likeness (QED) is 0.759. The summed E-state index contributed by atoms with van der Waals surface area (Å²) < 4.78 is 14.0. The van der Waals surface area contributed by atoms with Gasteiger partial charge in [-0.2, -0.15) is 0 Å². The van der Waals surface area contributed by atoms with Gasteiger partial charge >= 0.3 is 0 Å². The summed E-state index contributed by atoms with van der Waals surface area (Å²) >= 11 is 6.32. The highest BCUT2D eigenvalue weighted by Crippen LogP contribution is 2.24. The number of carbonyl (C=O) groups excluding carboxylic acids is 1. The molecule has 2 aromatic rings. The van der Waals surface area contributed by atoms with Gasteiger partial charge in [-0.3, -0.25) is 4.79 Å². The highest BCUT2D eigenvalue weighted by molar-refractivity contribution is 9.10. The number of carbonyl (C=O) groups is 1. The minimum Gasteiger partial charge on any atom is -0.398 e. The average Bonchev–Trinajstić information content (AvgIpc) is 2.37. The fourth-order valence-corrected chi connectivity index (χ4v) is 2.20. The molecule has 98 valence electrons. The standard InChI is InChI=1S/C13H9Br2FN2O/c14-9-5-7(1-3-11(9)16)13(19)18-8-2-4-12(17)10(15)6-8/h1-6H,17H2,(H,18,19). The van der Waals surface area contributed by atoms with Gasteiger partial charge in [-0.25, -0.2) is 4.39 Å². The second-order valence-corrected chi connectivity index (χ2v) is 5.53. The van der Waals surface area contributed by atoms with E-state index in [2.05, 4.69) is 37.2 Å². The van der Waals surface area contributed by atoms with Gasteiger partial charge in [0, 0.05) is 21.4 Å². The van der Waals surface area contributed by atoms with Crippen LogP contribution >= 0.6 is 31.9 Å². The molecule has 0 unspecified atom stereocenters. The zero-order valence-corrected chi connectivity index (χ0v) is 12.8. The Hall–Kier alpha value is -1.40. The number of nitrogens with two attached hydrogens (primary N) is 1. The normalized spacial score (nSPS) is 10.3. The topological polar surface area (TPSA) is 55.1 Å². The molecule has 0 saturated carbocycles. The van der Waals surface area contributed by atoms with E-state index >= 15 is 0 Å². The predicted molar refractivity (Wildman–Crippen MR) is 80.6 cm³/mol. The van der Waals surface area contributed by atoms with E-state index in [1.54, 1.807) is 18.2 Å². The maximum absolute atomic E-state index is 13.1. The molecular weight excluding hydrogens is 379 g/mol. The highest BCUT2D eigenvalue weighted by Gasteiger charge is 2.09. The Labute approximate surface area is 126 Å². The summed E-state index contributed by atoms with van der Waals surface area (Å²) in [5, 5.41) is 2.71. The fraction of sp³-hybridized carbons (Fsp3) is 0. The lowest BCUT2D eigenvalue weighted by Gasteiger charge is -2.07. The zero-order valence-electron chi connectivity index (χ0n) is 9.58. The van der Waals surface area contributed by atoms with Crippen LogP contribution in [0.25, 0.3) is 0 Å². The maximum Gasteiger partial charge on any atom is 0.255 e. The van der Waals surface area contributed by atoms with Crippen LogP contribution in [0.3, 0.4) is 0 Å². The minimum absolute atomic E-state index is 0.249. The number of nitrogens with one attached hydrogen (secondary N) is 1. The molecule has 0 heterocycles. The fourth-order valence-electron chi connectivity index (χ4n) is 1.45. The van der Waals surface area contributed by atoms with Gasteiger partial charge in [0.05, 0.1) is 4.47 Å². The molecule has 0 aliphatic rings. The number of halogens is 3. The van der Waals surface area contributed by atoms with Gasteiger partial charge in [0.15, 0.2) is 0 Å². The molecule has 3 nitrogen and oxygen atoms in total. The Bertz CT molecular complexity index is 647. The van der Waals surface area contributed by atoms with Crippen LogP contribution in [0, 0.1) is 5.82 Å². The highest BCUT2D eigenvalue weighted by atomic mass is 79.9. The van der Waals surface area contributed by atoms with Crippen LogP contribution in [-0.4, -0.2) is 5.91 Å². The largest absolute Gasteiger partial charge is 0.398 e. The number of benzene rings is 2. The minimum atomic E-state index is -0.410. The van der Waals surface area contributed by atoms with Crippen molar-refractivity contribution in [3.8, 4) is 0 Å². The first kappa shape index (κ1) is 14.0. The second kappa shape index (κ2) is 5.71. The molecule has 0 bridgehead atoms. The van der Waals surface area contributed by atoms with Gasteiger partial charge in [0.1, 0.15) is 5.82 Å². The number of nitrogen functional groups attached to an aromatic ring is 1. The lowest BCUT2D eigenvalue weighted by Crippen LogP contribution is -2.12. The Balaban J connectivity index is 2.20. The van der Waals surface area contributed by atoms with Crippen LogP contribution in [0.5, 0.6) is 0 Å². The summed E-state index contributed by atoms with van der Waals surface area (Å²) in [6.45, 7) is 0. The molecule has 0 saturated heterocycles. The first-order chi connectivity index (χ1) is 8.97. The molecule has 0 radical (unpaired) electrons. The summed E-state index contributed by atoms with van der Waals surface area (Å²) in [6, 6.07) is 9.15. The van der Waals surface area contributed by atoms with E-state index in [1.807, 2.05) is 0 Å². The predicted octanol–water partition coefficient (Wildman–Crippen LogP) is 4.19. The van der Waals surface area contributed by atoms with Crippen LogP contribution in [0.2, 0.25) is 0 Å². The lowest BCUT2D eigenvalue weighted by atomic mass is 10.2. The van der Waals surface area contributed by atoms with Crippen LogP contribution < -0.4 is 11.1 Å². The first-order valence-electron chi connectivity index (χ1n) is 5.29. The number of hydrogen-bond acceptors (Lipinski definition) is 2. The maximum atomic E-state index is 13.1. The van der Waals surface area contributed by atoms with Gasteiger partial charge in [0.25, 0.3) is 5.91 Å². The van der Waals surface area contributed by atoms with Crippen molar-refractivity contribution in [1.29, 1.82) is 0 Å². The van der Waals surface area contributed by atoms with Gasteiger partial charge < -0.3 is 11.1 Å². The molecule has 0 spiro atoms. The van der Waals surface area contributed by atoms with E-state index in [9.17, 15) is 9.18 Å². The van der Waals surface area contributed by atoms with Crippen molar-refractivity contribution in [3.05, 3.63) is 56.7 Å². The van der Waals surface area contributed by atoms with Crippen molar-refractivity contribution < 1.29 is 9.18 Å².